The van der Waals surface area contributed by atoms with Gasteiger partial charge in [-0.25, -0.2) is 0 Å². The molecule has 2 heteroatoms. The third-order valence-electron chi connectivity index (χ3n) is 1.35. The van der Waals surface area contributed by atoms with E-state index in [-0.39, 0.29) is 0 Å². The zero-order chi connectivity index (χ0) is 8.74. The van der Waals surface area contributed by atoms with Crippen LogP contribution in [-0.2, 0) is 4.43 Å². The molecule has 0 saturated heterocycles. The molecule has 0 amide bonds. The van der Waals surface area contributed by atoms with Gasteiger partial charge in [-0.15, -0.1) is 6.58 Å². The van der Waals surface area contributed by atoms with Crippen LogP contribution in [0.5, 0.6) is 0 Å². The second-order valence-electron chi connectivity index (χ2n) is 3.15. The van der Waals surface area contributed by atoms with Crippen molar-refractivity contribution in [3.05, 3.63) is 25.0 Å². The molecule has 0 radical (unpaired) electrons. The van der Waals surface area contributed by atoms with Crippen molar-refractivity contribution in [2.24, 2.45) is 0 Å². The predicted octanol–water partition coefficient (Wildman–Crippen LogP) is 3.32. The molecule has 0 spiro atoms. The molecular formula is C9H18OSi. The van der Waals surface area contributed by atoms with Crippen LogP contribution in [0.1, 0.15) is 13.3 Å². The minimum atomic E-state index is -1.45. The molecule has 64 valence electrons. The van der Waals surface area contributed by atoms with Crippen LogP contribution >= 0.6 is 0 Å². The summed E-state index contributed by atoms with van der Waals surface area (Å²) < 4.78 is 5.60. The fourth-order valence-corrected chi connectivity index (χ4v) is 1.98. The topological polar surface area (TPSA) is 9.23 Å². The lowest BCUT2D eigenvalue weighted by Crippen LogP contribution is -2.26. The summed E-state index contributed by atoms with van der Waals surface area (Å²) in [7, 11) is -1.45. The lowest BCUT2D eigenvalue weighted by atomic mass is 10.5. The Morgan fingerprint density at radius 1 is 1.45 bits per heavy atom. The maximum absolute atomic E-state index is 5.60. The Balaban J connectivity index is 3.71. The van der Waals surface area contributed by atoms with E-state index in [1.165, 1.54) is 0 Å². The fourth-order valence-electron chi connectivity index (χ4n) is 0.724. The van der Waals surface area contributed by atoms with Crippen molar-refractivity contribution in [2.45, 2.75) is 32.5 Å². The van der Waals surface area contributed by atoms with Crippen molar-refractivity contribution in [1.82, 2.24) is 0 Å². The molecule has 0 saturated carbocycles. The monoisotopic (exact) mass is 170 g/mol. The molecule has 0 aliphatic rings. The molecule has 0 aromatic carbocycles. The largest absolute Gasteiger partial charge is 0.549 e. The molecule has 11 heavy (non-hydrogen) atoms. The van der Waals surface area contributed by atoms with Crippen LogP contribution in [0, 0.1) is 0 Å². The van der Waals surface area contributed by atoms with Gasteiger partial charge in [-0.2, -0.15) is 0 Å². The molecule has 0 bridgehead atoms. The van der Waals surface area contributed by atoms with Crippen LogP contribution in [0.3, 0.4) is 0 Å². The predicted molar refractivity (Wildman–Crippen MR) is 53.0 cm³/mol. The first-order valence-corrected chi connectivity index (χ1v) is 7.17. The summed E-state index contributed by atoms with van der Waals surface area (Å²) in [4.78, 5) is 0. The summed E-state index contributed by atoms with van der Waals surface area (Å²) in [5.41, 5.74) is 0. The summed E-state index contributed by atoms with van der Waals surface area (Å²) in [6.45, 7) is 10.2. The maximum Gasteiger partial charge on any atom is 0.248 e. The van der Waals surface area contributed by atoms with Crippen molar-refractivity contribution in [2.75, 3.05) is 0 Å². The first-order valence-electron chi connectivity index (χ1n) is 4.06. The maximum atomic E-state index is 5.60. The van der Waals surface area contributed by atoms with Gasteiger partial charge in [0.1, 0.15) is 0 Å². The molecule has 0 N–H and O–H groups in total. The van der Waals surface area contributed by atoms with Crippen LogP contribution < -0.4 is 0 Å². The number of hydrogen-bond donors (Lipinski definition) is 0. The molecule has 0 fully saturated rings. The second kappa shape index (κ2) is 5.19. The van der Waals surface area contributed by atoms with Crippen LogP contribution in [0.4, 0.5) is 0 Å². The van der Waals surface area contributed by atoms with Gasteiger partial charge in [0, 0.05) is 0 Å². The van der Waals surface area contributed by atoms with E-state index in [0.717, 1.165) is 12.5 Å². The average Bonchev–Trinajstić information content (AvgIpc) is 1.87. The van der Waals surface area contributed by atoms with E-state index in [9.17, 15) is 0 Å². The van der Waals surface area contributed by atoms with Gasteiger partial charge in [0.25, 0.3) is 0 Å². The molecule has 0 aromatic heterocycles. The smallest absolute Gasteiger partial charge is 0.248 e. The minimum absolute atomic E-state index is 1.01. The van der Waals surface area contributed by atoms with Gasteiger partial charge >= 0.3 is 0 Å². The van der Waals surface area contributed by atoms with Crippen LogP contribution in [0.2, 0.25) is 19.1 Å². The van der Waals surface area contributed by atoms with Gasteiger partial charge in [-0.05, 0) is 25.6 Å². The Kier molecular flexibility index (Phi) is 4.95. The van der Waals surface area contributed by atoms with Gasteiger partial charge in [-0.1, -0.05) is 19.1 Å². The highest BCUT2D eigenvalue weighted by atomic mass is 28.4. The van der Waals surface area contributed by atoms with E-state index in [4.69, 9.17) is 4.43 Å². The third-order valence-corrected chi connectivity index (χ3v) is 3.40. The Morgan fingerprint density at radius 2 is 2.09 bits per heavy atom. The molecule has 0 rings (SSSR count). The molecular weight excluding hydrogens is 152 g/mol. The Bertz CT molecular complexity index is 138. The van der Waals surface area contributed by atoms with Crippen molar-refractivity contribution >= 4 is 8.32 Å². The highest BCUT2D eigenvalue weighted by Crippen LogP contribution is 2.11. The molecule has 0 aliphatic heterocycles. The Morgan fingerprint density at radius 3 is 2.55 bits per heavy atom. The standard InChI is InChI=1S/C9H18OSi/c1-5-7-8-10-11(3,4)9-6-2/h6-8H,2,5,9H2,1,3-4H3/b8-7+. The summed E-state index contributed by atoms with van der Waals surface area (Å²) in [5, 5.41) is 0. The Hall–Kier alpha value is -0.503. The first-order chi connectivity index (χ1) is 5.12. The lowest BCUT2D eigenvalue weighted by molar-refractivity contribution is 0.473. The van der Waals surface area contributed by atoms with Crippen molar-refractivity contribution in [3.8, 4) is 0 Å². The van der Waals surface area contributed by atoms with Gasteiger partial charge in [-0.3, -0.25) is 0 Å². The highest BCUT2D eigenvalue weighted by molar-refractivity contribution is 6.71. The van der Waals surface area contributed by atoms with Crippen molar-refractivity contribution in [1.29, 1.82) is 0 Å². The van der Waals surface area contributed by atoms with Crippen molar-refractivity contribution < 1.29 is 4.43 Å². The number of allylic oxidation sites excluding steroid dienone is 2. The normalized spacial score (nSPS) is 11.9. The molecule has 0 unspecified atom stereocenters. The Labute approximate surface area is 70.9 Å². The third kappa shape index (κ3) is 5.92. The summed E-state index contributed by atoms with van der Waals surface area (Å²) >= 11 is 0. The lowest BCUT2D eigenvalue weighted by Gasteiger charge is -2.19. The van der Waals surface area contributed by atoms with E-state index in [1.807, 2.05) is 18.4 Å². The highest BCUT2D eigenvalue weighted by Gasteiger charge is 2.19. The van der Waals surface area contributed by atoms with E-state index < -0.39 is 8.32 Å². The quantitative estimate of drug-likeness (QED) is 0.349. The van der Waals surface area contributed by atoms with Crippen molar-refractivity contribution in [3.63, 3.8) is 0 Å². The number of rotatable bonds is 5. The molecule has 1 nitrogen and oxygen atoms in total. The average molecular weight is 170 g/mol. The van der Waals surface area contributed by atoms with Crippen LogP contribution in [0.25, 0.3) is 0 Å². The van der Waals surface area contributed by atoms with Gasteiger partial charge in [0.15, 0.2) is 0 Å². The summed E-state index contributed by atoms with van der Waals surface area (Å²) in [6.07, 6.45) is 6.85. The summed E-state index contributed by atoms with van der Waals surface area (Å²) in [5.74, 6) is 0. The van der Waals surface area contributed by atoms with Crippen LogP contribution in [0.15, 0.2) is 25.0 Å². The van der Waals surface area contributed by atoms with Gasteiger partial charge < -0.3 is 4.43 Å². The first kappa shape index (κ1) is 10.5. The van der Waals surface area contributed by atoms with E-state index in [0.29, 0.717) is 0 Å². The SMILES string of the molecule is C=CC[Si](C)(C)O/C=C/CC. The zero-order valence-electron chi connectivity index (χ0n) is 7.76. The van der Waals surface area contributed by atoms with E-state index in [1.54, 1.807) is 0 Å². The molecule has 0 aromatic rings. The van der Waals surface area contributed by atoms with Gasteiger partial charge in [0.2, 0.25) is 8.32 Å². The summed E-state index contributed by atoms with van der Waals surface area (Å²) in [6, 6.07) is 1.01. The van der Waals surface area contributed by atoms with E-state index >= 15 is 0 Å². The number of hydrogen-bond acceptors (Lipinski definition) is 1. The van der Waals surface area contributed by atoms with E-state index in [2.05, 4.69) is 26.6 Å². The zero-order valence-corrected chi connectivity index (χ0v) is 8.76. The molecule has 0 atom stereocenters. The molecule has 0 heterocycles. The second-order valence-corrected chi connectivity index (χ2v) is 7.31. The van der Waals surface area contributed by atoms with Crippen LogP contribution in [-0.4, -0.2) is 8.32 Å². The molecule has 0 aliphatic carbocycles. The fraction of sp³-hybridized carbons (Fsp3) is 0.556. The minimum Gasteiger partial charge on any atom is -0.549 e. The van der Waals surface area contributed by atoms with Gasteiger partial charge in [0.05, 0.1) is 6.26 Å².